The molecule has 0 amide bonds. The first-order chi connectivity index (χ1) is 45.8. The van der Waals surface area contributed by atoms with Crippen molar-refractivity contribution < 1.29 is 9.72 Å². The zero-order chi connectivity index (χ0) is 78.5. The molecule has 0 fully saturated rings. The molecule has 0 spiro atoms. The highest BCUT2D eigenvalue weighted by Crippen LogP contribution is 2.35. The maximum atomic E-state index is 11.2. The Hall–Kier alpha value is -4.31. The van der Waals surface area contributed by atoms with E-state index < -0.39 is 4.92 Å². The molecule has 0 aliphatic heterocycles. The summed E-state index contributed by atoms with van der Waals surface area (Å²) in [6, 6.07) is 49.9. The maximum absolute atomic E-state index is 11.2. The summed E-state index contributed by atoms with van der Waals surface area (Å²) in [5.41, 5.74) is 21.6. The number of nitrogens with two attached hydrogens (primary N) is 1. The molecule has 8 aromatic rings. The Kier molecular flexibility index (Phi) is 54.2. The predicted octanol–water partition coefficient (Wildman–Crippen LogP) is 32.7. The lowest BCUT2D eigenvalue weighted by atomic mass is 9.86. The largest absolute Gasteiger partial charge is 0.398 e. The molecule has 8 aromatic carbocycles. The summed E-state index contributed by atoms with van der Waals surface area (Å²) in [6.07, 6.45) is 0. The van der Waals surface area contributed by atoms with Gasteiger partial charge in [0.2, 0.25) is 0 Å². The van der Waals surface area contributed by atoms with E-state index in [2.05, 4.69) is 356 Å². The van der Waals surface area contributed by atoms with E-state index in [1.54, 1.807) is 19.1 Å². The number of anilines is 1. The molecule has 606 valence electrons. The number of Topliss-reactive ketones (excluding diaryl/α,β-unsaturated/α-hetero) is 1. The van der Waals surface area contributed by atoms with Crippen molar-refractivity contribution in [3.63, 3.8) is 0 Å². The van der Waals surface area contributed by atoms with E-state index in [0.29, 0.717) is 21.2 Å². The molecule has 0 aliphatic carbocycles. The van der Waals surface area contributed by atoms with Crippen molar-refractivity contribution in [2.75, 3.05) is 5.73 Å². The Balaban J connectivity index is -0.000000214. The minimum Gasteiger partial charge on any atom is -0.398 e. The molecule has 6 nitrogen and oxygen atoms in total. The highest BCUT2D eigenvalue weighted by Gasteiger charge is 2.21. The molecule has 0 aromatic heterocycles. The van der Waals surface area contributed by atoms with Crippen molar-refractivity contribution in [3.05, 3.63) is 244 Å². The number of carbonyl (C=O) groups is 1. The van der Waals surface area contributed by atoms with E-state index in [4.69, 9.17) is 23.9 Å². The Morgan fingerprint density at radius 1 is 0.426 bits per heavy atom. The normalized spacial score (nSPS) is 10.8. The van der Waals surface area contributed by atoms with Gasteiger partial charge in [0.05, 0.1) is 21.4 Å². The molecule has 0 saturated carbocycles. The van der Waals surface area contributed by atoms with Crippen LogP contribution in [0.4, 0.5) is 17.1 Å². The number of carbonyl (C=O) groups excluding carboxylic acids is 1. The summed E-state index contributed by atoms with van der Waals surface area (Å²) in [6.45, 7) is 62.5. The molecule has 2 N–H and O–H groups in total. The summed E-state index contributed by atoms with van der Waals surface area (Å²) < 4.78 is 1.05. The van der Waals surface area contributed by atoms with Gasteiger partial charge in [-0.1, -0.05) is 321 Å². The second kappa shape index (κ2) is 50.0. The summed E-state index contributed by atoms with van der Waals surface area (Å²) in [5.74, 6) is 0.889. The summed E-state index contributed by atoms with van der Waals surface area (Å²) in [5, 5.41) is 11.3. The van der Waals surface area contributed by atoms with Crippen molar-refractivity contribution in [2.24, 2.45) is 0 Å². The van der Waals surface area contributed by atoms with Crippen molar-refractivity contribution in [1.82, 2.24) is 0 Å². The van der Waals surface area contributed by atoms with Crippen molar-refractivity contribution >= 4 is 151 Å². The van der Waals surface area contributed by atoms with E-state index in [0.717, 1.165) is 50.8 Å². The van der Waals surface area contributed by atoms with Crippen LogP contribution < -0.4 is 5.73 Å². The molecule has 0 aliphatic rings. The third kappa shape index (κ3) is 42.0. The number of aryl methyl sites for hydroxylation is 1. The third-order valence-corrected chi connectivity index (χ3v) is 20.3. The van der Waals surface area contributed by atoms with Crippen LogP contribution in [-0.4, -0.2) is 10.7 Å². The molecule has 0 bridgehead atoms. The SMILES string of the molecule is C.C.C.C.C.C.C.CC(=O)c1ccc(C(C)(C)C)cc1S.CC(C)(C)c1ccc(Br)c(S)c1.CC(C)(C)c1ccc(Cl)c(S)c1.CC(C)(C)c1ccc(N)c(S)c1.CC(C)(C)c1ccc([N+](=O)[O-])c(S)c1.CC(C)(C)c1cccc(CS)c1.Cc1ccc(C(C)(C)C)cc1S.[C-]#[N+]c1ccc(C(C)(C)C)cc1S. The Bertz CT molecular complexity index is 3750. The average Bonchev–Trinajstić information content (AvgIpc) is 0.861. The van der Waals surface area contributed by atoms with E-state index in [1.807, 2.05) is 72.8 Å². The molecule has 8 rings (SSSR count). The second-order valence-electron chi connectivity index (χ2n) is 33.0. The molecular formula is C92H143BrClN3O3S8. The van der Waals surface area contributed by atoms with E-state index in [9.17, 15) is 14.9 Å². The van der Waals surface area contributed by atoms with E-state index in [-0.39, 0.29) is 107 Å². The van der Waals surface area contributed by atoms with Crippen LogP contribution in [0.2, 0.25) is 5.02 Å². The van der Waals surface area contributed by atoms with Gasteiger partial charge in [0.25, 0.3) is 5.69 Å². The van der Waals surface area contributed by atoms with Gasteiger partial charge in [-0.15, -0.1) is 75.8 Å². The number of halogens is 2. The average molecular weight is 1710 g/mol. The standard InChI is InChI=1S/C12H16OS.C11H13NS.2C11H16S.C10H13BrS.C10H13ClS.C10H13NO2S.C10H15NS.7CH4/c1-8(13)10-6-5-9(7-11(10)14)12(2,3)4;1-11(2,3)8-5-6-9(12-4)10(13)7-8;1-8-5-6-9(7-10(8)12)11(2,3)4;1-11(2,3)10-6-4-5-9(7-10)8-12;2*1-10(2,3)7-4-5-8(11)9(12)6-7;1-10(2,3)7-4-5-8(11(12)13)9(14)6-7;1-10(2,3)7-4-5-8(11)9(12)6-7;;;;;;;/h5-7,14H,1-4H3;5-7,13H,1-3H3;5-7,12H,1-4H3;4-7,12H,8H2,1-3H3;2*4-6,12H,1-3H3;4-6,14H,1-3H3;4-6,12H,11H2,1-3H3;7*1H4. The predicted molar refractivity (Wildman–Crippen MR) is 516 cm³/mol. The van der Waals surface area contributed by atoms with Crippen molar-refractivity contribution in [2.45, 2.75) is 315 Å². The number of benzene rings is 8. The lowest BCUT2D eigenvalue weighted by Crippen LogP contribution is -2.11. The Morgan fingerprint density at radius 3 is 1.06 bits per heavy atom. The van der Waals surface area contributed by atoms with Crippen LogP contribution in [0.3, 0.4) is 0 Å². The van der Waals surface area contributed by atoms with Crippen LogP contribution in [0.1, 0.15) is 291 Å². The number of hydrogen-bond acceptors (Lipinski definition) is 12. The van der Waals surface area contributed by atoms with Crippen LogP contribution in [0, 0.1) is 23.6 Å². The van der Waals surface area contributed by atoms with Gasteiger partial charge in [0.1, 0.15) is 0 Å². The zero-order valence-corrected chi connectivity index (χ0v) is 74.2. The number of nitrogens with zero attached hydrogens (tertiary/aromatic N) is 2. The van der Waals surface area contributed by atoms with Crippen LogP contribution in [-0.2, 0) is 49.1 Å². The summed E-state index contributed by atoms with van der Waals surface area (Å²) in [4.78, 5) is 30.4. The summed E-state index contributed by atoms with van der Waals surface area (Å²) in [7, 11) is 0. The van der Waals surface area contributed by atoms with Crippen molar-refractivity contribution in [3.8, 4) is 0 Å². The molecule has 0 heterocycles. The van der Waals surface area contributed by atoms with Gasteiger partial charge in [0.15, 0.2) is 11.5 Å². The van der Waals surface area contributed by atoms with Crippen LogP contribution >= 0.6 is 129 Å². The number of nitro groups is 1. The van der Waals surface area contributed by atoms with Crippen LogP contribution in [0.5, 0.6) is 0 Å². The molecule has 0 unspecified atom stereocenters. The highest BCUT2D eigenvalue weighted by molar-refractivity contribution is 9.10. The van der Waals surface area contributed by atoms with Gasteiger partial charge < -0.3 is 5.73 Å². The fourth-order valence-electron chi connectivity index (χ4n) is 8.71. The Morgan fingerprint density at radius 2 is 0.741 bits per heavy atom. The van der Waals surface area contributed by atoms with E-state index in [1.165, 1.54) is 56.1 Å². The molecule has 0 saturated heterocycles. The van der Waals surface area contributed by atoms with Gasteiger partial charge in [0, 0.05) is 56.9 Å². The smallest absolute Gasteiger partial charge is 0.282 e. The van der Waals surface area contributed by atoms with E-state index >= 15 is 0 Å². The minimum atomic E-state index is -0.422. The van der Waals surface area contributed by atoms with Crippen LogP contribution in [0.15, 0.2) is 190 Å². The summed E-state index contributed by atoms with van der Waals surface area (Å²) >= 11 is 43.5. The third-order valence-electron chi connectivity index (χ3n) is 15.8. The monoisotopic (exact) mass is 1710 g/mol. The minimum absolute atomic E-state index is 0. The van der Waals surface area contributed by atoms with Crippen LogP contribution in [0.25, 0.3) is 4.85 Å². The zero-order valence-electron chi connectivity index (χ0n) is 64.7. The fraction of sp³-hybridized carbons (Fsp3) is 0.457. The quantitative estimate of drug-likeness (QED) is 0.0220. The van der Waals surface area contributed by atoms with Gasteiger partial charge in [-0.3, -0.25) is 14.9 Å². The number of nitro benzene ring substituents is 1. The lowest BCUT2D eigenvalue weighted by molar-refractivity contribution is -0.387. The fourth-order valence-corrected chi connectivity index (χ4v) is 11.1. The molecular weight excluding hydrogens is 1570 g/mol. The number of ketones is 1. The lowest BCUT2D eigenvalue weighted by Gasteiger charge is -2.19. The Labute approximate surface area is 719 Å². The second-order valence-corrected chi connectivity index (χ2v) is 38.0. The number of rotatable bonds is 3. The van der Waals surface area contributed by atoms with Gasteiger partial charge >= 0.3 is 0 Å². The molecule has 108 heavy (non-hydrogen) atoms. The number of thiol groups is 8. The van der Waals surface area contributed by atoms with Gasteiger partial charge in [-0.25, -0.2) is 4.85 Å². The maximum Gasteiger partial charge on any atom is 0.282 e. The van der Waals surface area contributed by atoms with Gasteiger partial charge in [-0.2, -0.15) is 25.3 Å². The van der Waals surface area contributed by atoms with Gasteiger partial charge in [-0.05, 0) is 183 Å². The number of hydrogen-bond donors (Lipinski definition) is 9. The highest BCUT2D eigenvalue weighted by atomic mass is 79.9. The first kappa shape index (κ1) is 117. The topological polar surface area (TPSA) is 90.6 Å². The molecule has 0 atom stereocenters. The first-order valence-corrected chi connectivity index (χ1v) is 38.3. The first-order valence-electron chi connectivity index (χ1n) is 33.4. The van der Waals surface area contributed by atoms with Crippen molar-refractivity contribution in [1.29, 1.82) is 0 Å². The number of nitrogen functional groups attached to an aromatic ring is 1. The molecule has 0 radical (unpaired) electrons. The molecule has 16 heteroatoms.